The Morgan fingerprint density at radius 3 is 2.78 bits per heavy atom. The molecule has 0 saturated heterocycles. The molecule has 1 aromatic carbocycles. The van der Waals surface area contributed by atoms with Crippen LogP contribution in [0.15, 0.2) is 36.7 Å². The number of nitrogens with zero attached hydrogens (tertiary/aromatic N) is 3. The van der Waals surface area contributed by atoms with Crippen LogP contribution in [0, 0.1) is 0 Å². The minimum atomic E-state index is 0.107. The second-order valence-electron chi connectivity index (χ2n) is 4.17. The fraction of sp³-hybridized carbons (Fsp3) is 0.308. The van der Waals surface area contributed by atoms with Crippen molar-refractivity contribution in [2.24, 2.45) is 0 Å². The van der Waals surface area contributed by atoms with Crippen LogP contribution in [0.3, 0.4) is 0 Å². The van der Waals surface area contributed by atoms with E-state index in [-0.39, 0.29) is 5.91 Å². The molecular weight excluding hydrogens is 228 g/mol. The van der Waals surface area contributed by atoms with Gasteiger partial charge in [0, 0.05) is 13.5 Å². The van der Waals surface area contributed by atoms with Gasteiger partial charge in [-0.3, -0.25) is 9.89 Å². The third-order valence-electron chi connectivity index (χ3n) is 2.75. The SMILES string of the molecule is CN(Cc1ncn[nH]1)C(=O)CCc1ccccc1. The van der Waals surface area contributed by atoms with E-state index in [9.17, 15) is 4.79 Å². The summed E-state index contributed by atoms with van der Waals surface area (Å²) in [5.74, 6) is 0.806. The van der Waals surface area contributed by atoms with E-state index in [0.717, 1.165) is 6.42 Å². The van der Waals surface area contributed by atoms with E-state index in [1.165, 1.54) is 11.9 Å². The standard InChI is InChI=1S/C13H16N4O/c1-17(9-12-14-10-15-16-12)13(18)8-7-11-5-3-2-4-6-11/h2-6,10H,7-9H2,1H3,(H,14,15,16). The van der Waals surface area contributed by atoms with Crippen molar-refractivity contribution < 1.29 is 4.79 Å². The normalized spacial score (nSPS) is 10.3. The topological polar surface area (TPSA) is 61.9 Å². The third-order valence-corrected chi connectivity index (χ3v) is 2.75. The fourth-order valence-electron chi connectivity index (χ4n) is 1.71. The molecule has 1 amide bonds. The van der Waals surface area contributed by atoms with Crippen molar-refractivity contribution in [3.8, 4) is 0 Å². The van der Waals surface area contributed by atoms with Crippen molar-refractivity contribution in [3.63, 3.8) is 0 Å². The van der Waals surface area contributed by atoms with Crippen LogP contribution in [0.4, 0.5) is 0 Å². The summed E-state index contributed by atoms with van der Waals surface area (Å²) in [5.41, 5.74) is 1.18. The van der Waals surface area contributed by atoms with Crippen LogP contribution in [-0.4, -0.2) is 33.0 Å². The van der Waals surface area contributed by atoms with Crippen molar-refractivity contribution in [3.05, 3.63) is 48.0 Å². The Hall–Kier alpha value is -2.17. The lowest BCUT2D eigenvalue weighted by atomic mass is 10.1. The molecule has 1 N–H and O–H groups in total. The number of rotatable bonds is 5. The van der Waals surface area contributed by atoms with Gasteiger partial charge < -0.3 is 4.90 Å². The fourth-order valence-corrected chi connectivity index (χ4v) is 1.71. The first-order valence-electron chi connectivity index (χ1n) is 5.88. The second-order valence-corrected chi connectivity index (χ2v) is 4.17. The van der Waals surface area contributed by atoms with Gasteiger partial charge in [-0.2, -0.15) is 5.10 Å². The highest BCUT2D eigenvalue weighted by atomic mass is 16.2. The number of aryl methyl sites for hydroxylation is 1. The maximum Gasteiger partial charge on any atom is 0.223 e. The molecule has 18 heavy (non-hydrogen) atoms. The van der Waals surface area contributed by atoms with Gasteiger partial charge in [0.25, 0.3) is 0 Å². The van der Waals surface area contributed by atoms with Crippen LogP contribution in [-0.2, 0) is 17.8 Å². The van der Waals surface area contributed by atoms with Gasteiger partial charge in [-0.05, 0) is 12.0 Å². The van der Waals surface area contributed by atoms with E-state index in [1.54, 1.807) is 11.9 Å². The van der Waals surface area contributed by atoms with Crippen molar-refractivity contribution in [1.82, 2.24) is 20.1 Å². The quantitative estimate of drug-likeness (QED) is 0.864. The molecule has 0 fully saturated rings. The molecule has 1 heterocycles. The van der Waals surface area contributed by atoms with Crippen molar-refractivity contribution in [1.29, 1.82) is 0 Å². The number of aromatic nitrogens is 3. The largest absolute Gasteiger partial charge is 0.338 e. The summed E-state index contributed by atoms with van der Waals surface area (Å²) in [4.78, 5) is 17.6. The number of nitrogens with one attached hydrogen (secondary N) is 1. The summed E-state index contributed by atoms with van der Waals surface area (Å²) in [7, 11) is 1.77. The van der Waals surface area contributed by atoms with Gasteiger partial charge in [-0.15, -0.1) is 0 Å². The molecule has 2 rings (SSSR count). The summed E-state index contributed by atoms with van der Waals surface area (Å²) in [5, 5.41) is 6.50. The van der Waals surface area contributed by atoms with Crippen LogP contribution in [0.2, 0.25) is 0 Å². The van der Waals surface area contributed by atoms with Crippen LogP contribution in [0.25, 0.3) is 0 Å². The minimum Gasteiger partial charge on any atom is -0.338 e. The van der Waals surface area contributed by atoms with Gasteiger partial charge in [0.05, 0.1) is 6.54 Å². The molecule has 0 aliphatic rings. The van der Waals surface area contributed by atoms with Gasteiger partial charge in [0.1, 0.15) is 12.2 Å². The number of hydrogen-bond donors (Lipinski definition) is 1. The number of amides is 1. The molecule has 5 nitrogen and oxygen atoms in total. The predicted molar refractivity (Wildman–Crippen MR) is 67.6 cm³/mol. The maximum atomic E-state index is 11.9. The Kier molecular flexibility index (Phi) is 4.06. The summed E-state index contributed by atoms with van der Waals surface area (Å²) in [6, 6.07) is 10.0. The average molecular weight is 244 g/mol. The number of carbonyl (C=O) groups excluding carboxylic acids is 1. The predicted octanol–water partition coefficient (Wildman–Crippen LogP) is 1.40. The van der Waals surface area contributed by atoms with E-state index in [4.69, 9.17) is 0 Å². The summed E-state index contributed by atoms with van der Waals surface area (Å²) < 4.78 is 0. The van der Waals surface area contributed by atoms with Crippen LogP contribution >= 0.6 is 0 Å². The van der Waals surface area contributed by atoms with E-state index >= 15 is 0 Å². The van der Waals surface area contributed by atoms with Gasteiger partial charge in [0.2, 0.25) is 5.91 Å². The molecule has 0 aliphatic carbocycles. The van der Waals surface area contributed by atoms with Gasteiger partial charge in [0.15, 0.2) is 0 Å². The molecule has 94 valence electrons. The van der Waals surface area contributed by atoms with Gasteiger partial charge in [-0.25, -0.2) is 4.98 Å². The third kappa shape index (κ3) is 3.41. The van der Waals surface area contributed by atoms with Crippen LogP contribution in [0.1, 0.15) is 17.8 Å². The summed E-state index contributed by atoms with van der Waals surface area (Å²) >= 11 is 0. The number of benzene rings is 1. The van der Waals surface area contributed by atoms with Crippen LogP contribution < -0.4 is 0 Å². The molecule has 0 radical (unpaired) electrons. The van der Waals surface area contributed by atoms with E-state index in [1.807, 2.05) is 30.3 Å². The number of aromatic amines is 1. The number of hydrogen-bond acceptors (Lipinski definition) is 3. The smallest absolute Gasteiger partial charge is 0.223 e. The Morgan fingerprint density at radius 1 is 1.33 bits per heavy atom. The van der Waals surface area contributed by atoms with Gasteiger partial charge in [-0.1, -0.05) is 30.3 Å². The molecule has 1 aromatic heterocycles. The molecular formula is C13H16N4O. The maximum absolute atomic E-state index is 11.9. The van der Waals surface area contributed by atoms with Crippen molar-refractivity contribution >= 4 is 5.91 Å². The van der Waals surface area contributed by atoms with Crippen LogP contribution in [0.5, 0.6) is 0 Å². The number of carbonyl (C=O) groups is 1. The molecule has 0 aliphatic heterocycles. The molecule has 0 bridgehead atoms. The first-order valence-corrected chi connectivity index (χ1v) is 5.88. The Morgan fingerprint density at radius 2 is 2.11 bits per heavy atom. The zero-order chi connectivity index (χ0) is 12.8. The molecule has 0 saturated carbocycles. The molecule has 0 spiro atoms. The zero-order valence-electron chi connectivity index (χ0n) is 10.3. The highest BCUT2D eigenvalue weighted by Gasteiger charge is 2.10. The van der Waals surface area contributed by atoms with Crippen molar-refractivity contribution in [2.75, 3.05) is 7.05 Å². The minimum absolute atomic E-state index is 0.107. The van der Waals surface area contributed by atoms with E-state index in [0.29, 0.717) is 18.8 Å². The van der Waals surface area contributed by atoms with Crippen molar-refractivity contribution in [2.45, 2.75) is 19.4 Å². The lowest BCUT2D eigenvalue weighted by Gasteiger charge is -2.15. The first kappa shape index (κ1) is 12.3. The zero-order valence-corrected chi connectivity index (χ0v) is 10.3. The molecule has 0 unspecified atom stereocenters. The lowest BCUT2D eigenvalue weighted by molar-refractivity contribution is -0.130. The van der Waals surface area contributed by atoms with Gasteiger partial charge >= 0.3 is 0 Å². The summed E-state index contributed by atoms with van der Waals surface area (Å²) in [6.45, 7) is 0.466. The first-order chi connectivity index (χ1) is 8.75. The molecule has 5 heteroatoms. The molecule has 0 atom stereocenters. The lowest BCUT2D eigenvalue weighted by Crippen LogP contribution is -2.26. The second kappa shape index (κ2) is 5.95. The van der Waals surface area contributed by atoms with E-state index in [2.05, 4.69) is 15.2 Å². The Balaban J connectivity index is 1.81. The number of H-pyrrole nitrogens is 1. The Labute approximate surface area is 106 Å². The van der Waals surface area contributed by atoms with E-state index < -0.39 is 0 Å². The summed E-state index contributed by atoms with van der Waals surface area (Å²) in [6.07, 6.45) is 2.71. The average Bonchev–Trinajstić information content (AvgIpc) is 2.90. The highest BCUT2D eigenvalue weighted by molar-refractivity contribution is 5.76. The monoisotopic (exact) mass is 244 g/mol. The molecule has 2 aromatic rings. The Bertz CT molecular complexity index is 481. The highest BCUT2D eigenvalue weighted by Crippen LogP contribution is 2.05.